The number of amides is 2. The molecule has 0 aromatic carbocycles. The van der Waals surface area contributed by atoms with Gasteiger partial charge in [-0.15, -0.1) is 0 Å². The molecule has 110 valence electrons. The van der Waals surface area contributed by atoms with Gasteiger partial charge in [0.15, 0.2) is 0 Å². The fourth-order valence-electron chi connectivity index (χ4n) is 1.88. The van der Waals surface area contributed by atoms with Crippen molar-refractivity contribution >= 4 is 11.8 Å². The van der Waals surface area contributed by atoms with Crippen LogP contribution in [-0.4, -0.2) is 49.7 Å². The second-order valence-electron chi connectivity index (χ2n) is 5.40. The first-order valence-electron chi connectivity index (χ1n) is 7.02. The van der Waals surface area contributed by atoms with Crippen molar-refractivity contribution in [2.45, 2.75) is 33.6 Å². The minimum Gasteiger partial charge on any atom is -0.379 e. The van der Waals surface area contributed by atoms with Gasteiger partial charge in [0, 0.05) is 18.9 Å². The third-order valence-corrected chi connectivity index (χ3v) is 3.14. The van der Waals surface area contributed by atoms with E-state index in [4.69, 9.17) is 9.47 Å². The molecule has 1 saturated heterocycles. The van der Waals surface area contributed by atoms with Crippen LogP contribution < -0.4 is 0 Å². The second kappa shape index (κ2) is 8.27. The maximum atomic E-state index is 11.6. The van der Waals surface area contributed by atoms with Gasteiger partial charge in [0.25, 0.3) is 0 Å². The zero-order chi connectivity index (χ0) is 14.3. The molecule has 5 heteroatoms. The van der Waals surface area contributed by atoms with E-state index in [-0.39, 0.29) is 17.7 Å². The first-order chi connectivity index (χ1) is 9.02. The molecule has 1 rings (SSSR count). The van der Waals surface area contributed by atoms with Gasteiger partial charge < -0.3 is 9.47 Å². The Balaban J connectivity index is 1.99. The summed E-state index contributed by atoms with van der Waals surface area (Å²) in [5.74, 6) is 0.304. The molecule has 0 radical (unpaired) electrons. The highest BCUT2D eigenvalue weighted by Gasteiger charge is 2.34. The van der Waals surface area contributed by atoms with Gasteiger partial charge in [0.1, 0.15) is 0 Å². The summed E-state index contributed by atoms with van der Waals surface area (Å²) in [5, 5.41) is 0. The smallest absolute Gasteiger partial charge is 0.232 e. The molecule has 2 amide bonds. The summed E-state index contributed by atoms with van der Waals surface area (Å²) >= 11 is 0. The average molecular weight is 271 g/mol. The van der Waals surface area contributed by atoms with Gasteiger partial charge in [0.2, 0.25) is 11.8 Å². The lowest BCUT2D eigenvalue weighted by Crippen LogP contribution is -2.33. The fourth-order valence-corrected chi connectivity index (χ4v) is 1.88. The zero-order valence-electron chi connectivity index (χ0n) is 12.2. The summed E-state index contributed by atoms with van der Waals surface area (Å²) in [7, 11) is 0. The molecule has 1 aliphatic rings. The molecule has 1 heterocycles. The van der Waals surface area contributed by atoms with Gasteiger partial charge in [-0.1, -0.05) is 20.8 Å². The topological polar surface area (TPSA) is 55.8 Å². The standard InChI is InChI=1S/C14H25NO4/c1-11(2)4-6-18-8-9-19-7-5-15-13(16)10-12(3)14(15)17/h11-12H,4-10H2,1-3H3. The molecule has 0 aromatic heterocycles. The van der Waals surface area contributed by atoms with Gasteiger partial charge >= 0.3 is 0 Å². The van der Waals surface area contributed by atoms with Gasteiger partial charge in [-0.05, 0) is 12.3 Å². The molecule has 0 N–H and O–H groups in total. The Bertz CT molecular complexity index is 304. The Morgan fingerprint density at radius 1 is 1.16 bits per heavy atom. The molecule has 1 aliphatic heterocycles. The molecule has 0 bridgehead atoms. The molecule has 0 aliphatic carbocycles. The maximum Gasteiger partial charge on any atom is 0.232 e. The monoisotopic (exact) mass is 271 g/mol. The predicted molar refractivity (Wildman–Crippen MR) is 71.6 cm³/mol. The lowest BCUT2D eigenvalue weighted by molar-refractivity contribution is -0.140. The van der Waals surface area contributed by atoms with Crippen molar-refractivity contribution in [2.24, 2.45) is 11.8 Å². The Hall–Kier alpha value is -0.940. The van der Waals surface area contributed by atoms with E-state index in [0.29, 0.717) is 38.7 Å². The third kappa shape index (κ3) is 5.70. The molecule has 19 heavy (non-hydrogen) atoms. The van der Waals surface area contributed by atoms with E-state index in [9.17, 15) is 9.59 Å². The van der Waals surface area contributed by atoms with Crippen molar-refractivity contribution in [2.75, 3.05) is 33.0 Å². The van der Waals surface area contributed by atoms with Crippen LogP contribution >= 0.6 is 0 Å². The molecular weight excluding hydrogens is 246 g/mol. The second-order valence-corrected chi connectivity index (χ2v) is 5.40. The quantitative estimate of drug-likeness (QED) is 0.470. The van der Waals surface area contributed by atoms with Crippen molar-refractivity contribution < 1.29 is 19.1 Å². The number of carbonyl (C=O) groups excluding carboxylic acids is 2. The van der Waals surface area contributed by atoms with Gasteiger partial charge in [-0.3, -0.25) is 14.5 Å². The minimum atomic E-state index is -0.174. The van der Waals surface area contributed by atoms with Gasteiger partial charge in [0.05, 0.1) is 26.4 Å². The summed E-state index contributed by atoms with van der Waals surface area (Å²) < 4.78 is 10.8. The number of rotatable bonds is 9. The summed E-state index contributed by atoms with van der Waals surface area (Å²) in [6.45, 7) is 8.65. The van der Waals surface area contributed by atoms with E-state index in [1.165, 1.54) is 4.90 Å². The van der Waals surface area contributed by atoms with E-state index < -0.39 is 0 Å². The van der Waals surface area contributed by atoms with Crippen LogP contribution in [0.4, 0.5) is 0 Å². The van der Waals surface area contributed by atoms with Crippen LogP contribution in [0.2, 0.25) is 0 Å². The van der Waals surface area contributed by atoms with Crippen LogP contribution in [0, 0.1) is 11.8 Å². The average Bonchev–Trinajstić information content (AvgIpc) is 2.58. The Morgan fingerprint density at radius 3 is 2.32 bits per heavy atom. The highest BCUT2D eigenvalue weighted by molar-refractivity contribution is 6.03. The van der Waals surface area contributed by atoms with Crippen molar-refractivity contribution in [3.05, 3.63) is 0 Å². The predicted octanol–water partition coefficient (Wildman–Crippen LogP) is 1.46. The van der Waals surface area contributed by atoms with Crippen LogP contribution in [-0.2, 0) is 19.1 Å². The summed E-state index contributed by atoms with van der Waals surface area (Å²) in [4.78, 5) is 24.4. The first kappa shape index (κ1) is 16.1. The summed E-state index contributed by atoms with van der Waals surface area (Å²) in [6, 6.07) is 0. The Kier molecular flexibility index (Phi) is 7.02. The normalized spacial score (nSPS) is 19.8. The molecule has 0 saturated carbocycles. The summed E-state index contributed by atoms with van der Waals surface area (Å²) in [5.41, 5.74) is 0. The number of hydrogen-bond donors (Lipinski definition) is 0. The number of hydrogen-bond acceptors (Lipinski definition) is 4. The SMILES string of the molecule is CC(C)CCOCCOCCN1C(=O)CC(C)C1=O. The molecule has 1 unspecified atom stereocenters. The zero-order valence-corrected chi connectivity index (χ0v) is 12.2. The highest BCUT2D eigenvalue weighted by atomic mass is 16.5. The van der Waals surface area contributed by atoms with Crippen molar-refractivity contribution in [3.8, 4) is 0 Å². The molecule has 0 aromatic rings. The molecule has 5 nitrogen and oxygen atoms in total. The highest BCUT2D eigenvalue weighted by Crippen LogP contribution is 2.17. The number of carbonyl (C=O) groups is 2. The van der Waals surface area contributed by atoms with Crippen LogP contribution in [0.3, 0.4) is 0 Å². The van der Waals surface area contributed by atoms with Crippen LogP contribution in [0.25, 0.3) is 0 Å². The molecular formula is C14H25NO4. The lowest BCUT2D eigenvalue weighted by Gasteiger charge is -2.14. The van der Waals surface area contributed by atoms with E-state index in [1.54, 1.807) is 6.92 Å². The molecule has 1 fully saturated rings. The fraction of sp³-hybridized carbons (Fsp3) is 0.857. The van der Waals surface area contributed by atoms with Gasteiger partial charge in [-0.25, -0.2) is 0 Å². The first-order valence-corrected chi connectivity index (χ1v) is 7.02. The van der Waals surface area contributed by atoms with Crippen LogP contribution in [0.15, 0.2) is 0 Å². The number of ether oxygens (including phenoxy) is 2. The van der Waals surface area contributed by atoms with Gasteiger partial charge in [-0.2, -0.15) is 0 Å². The van der Waals surface area contributed by atoms with Crippen molar-refractivity contribution in [3.63, 3.8) is 0 Å². The Labute approximate surface area is 115 Å². The minimum absolute atomic E-state index is 0.0817. The maximum absolute atomic E-state index is 11.6. The van der Waals surface area contributed by atoms with E-state index >= 15 is 0 Å². The van der Waals surface area contributed by atoms with Crippen molar-refractivity contribution in [1.82, 2.24) is 4.90 Å². The number of imide groups is 1. The van der Waals surface area contributed by atoms with Crippen LogP contribution in [0.5, 0.6) is 0 Å². The van der Waals surface area contributed by atoms with E-state index in [1.807, 2.05) is 0 Å². The largest absolute Gasteiger partial charge is 0.379 e. The lowest BCUT2D eigenvalue weighted by atomic mass is 10.1. The molecule has 1 atom stereocenters. The third-order valence-electron chi connectivity index (χ3n) is 3.14. The van der Waals surface area contributed by atoms with Crippen LogP contribution in [0.1, 0.15) is 33.6 Å². The van der Waals surface area contributed by atoms with E-state index in [2.05, 4.69) is 13.8 Å². The van der Waals surface area contributed by atoms with E-state index in [0.717, 1.165) is 13.0 Å². The summed E-state index contributed by atoms with van der Waals surface area (Å²) in [6.07, 6.45) is 1.38. The molecule has 0 spiro atoms. The Morgan fingerprint density at radius 2 is 1.79 bits per heavy atom. The number of likely N-dealkylation sites (tertiary alicyclic amines) is 1. The van der Waals surface area contributed by atoms with Crippen molar-refractivity contribution in [1.29, 1.82) is 0 Å². The number of nitrogens with zero attached hydrogens (tertiary/aromatic N) is 1.